The van der Waals surface area contributed by atoms with Gasteiger partial charge in [-0.1, -0.05) is 0 Å². The predicted octanol–water partition coefficient (Wildman–Crippen LogP) is 0.552. The van der Waals surface area contributed by atoms with Crippen molar-refractivity contribution in [2.75, 3.05) is 0 Å². The van der Waals surface area contributed by atoms with E-state index in [0.29, 0.717) is 0 Å². The Hall–Kier alpha value is -0.200. The Bertz CT molecular complexity index is 185. The minimum absolute atomic E-state index is 1.03. The molecule has 0 radical (unpaired) electrons. The summed E-state index contributed by atoms with van der Waals surface area (Å²) in [6.07, 6.45) is -1.70. The third-order valence-corrected chi connectivity index (χ3v) is 1.75. The molecule has 0 aliphatic rings. The normalized spacial score (nSPS) is 18.4. The molecule has 0 bridgehead atoms. The molecule has 1 N–H and O–H groups in total. The second kappa shape index (κ2) is 3.27. The molecule has 0 spiro atoms. The van der Waals surface area contributed by atoms with Crippen molar-refractivity contribution in [1.82, 2.24) is 0 Å². The number of hydrogen-bond donors (Lipinski definition) is 1. The second-order valence-electron chi connectivity index (χ2n) is 1.76. The maximum atomic E-state index is 11.9. The molecule has 62 valence electrons. The number of alkyl halides is 1. The van der Waals surface area contributed by atoms with Crippen molar-refractivity contribution in [3.63, 3.8) is 0 Å². The molecule has 4 nitrogen and oxygen atoms in total. The van der Waals surface area contributed by atoms with Crippen molar-refractivity contribution in [3.8, 4) is 0 Å². The molecule has 0 fully saturated rings. The maximum Gasteiger partial charge on any atom is 0.292 e. The SMILES string of the molecule is CC(F)OC(C)S(=O)(=O)O. The molecule has 0 heterocycles. The van der Waals surface area contributed by atoms with E-state index in [1.54, 1.807) is 0 Å². The fourth-order valence-corrected chi connectivity index (χ4v) is 0.628. The first-order chi connectivity index (χ1) is 4.34. The van der Waals surface area contributed by atoms with E-state index in [1.807, 2.05) is 0 Å². The zero-order valence-corrected chi connectivity index (χ0v) is 6.43. The van der Waals surface area contributed by atoms with E-state index >= 15 is 0 Å². The van der Waals surface area contributed by atoms with Gasteiger partial charge in [-0.2, -0.15) is 8.42 Å². The van der Waals surface area contributed by atoms with E-state index in [9.17, 15) is 12.8 Å². The van der Waals surface area contributed by atoms with Crippen LogP contribution in [-0.4, -0.2) is 24.8 Å². The lowest BCUT2D eigenvalue weighted by Gasteiger charge is -2.09. The van der Waals surface area contributed by atoms with Crippen LogP contribution in [0.15, 0.2) is 0 Å². The smallest absolute Gasteiger partial charge is 0.292 e. The third-order valence-electron chi connectivity index (χ3n) is 0.799. The van der Waals surface area contributed by atoms with Gasteiger partial charge in [0, 0.05) is 0 Å². The number of ether oxygens (including phenoxy) is 1. The molecular formula is C4H9FO4S. The van der Waals surface area contributed by atoms with Crippen LogP contribution in [0.25, 0.3) is 0 Å². The van der Waals surface area contributed by atoms with Gasteiger partial charge in [-0.15, -0.1) is 0 Å². The first-order valence-electron chi connectivity index (χ1n) is 2.60. The van der Waals surface area contributed by atoms with E-state index in [4.69, 9.17) is 4.55 Å². The van der Waals surface area contributed by atoms with Crippen LogP contribution in [0.5, 0.6) is 0 Å². The fraction of sp³-hybridized carbons (Fsp3) is 1.00. The van der Waals surface area contributed by atoms with Gasteiger partial charge in [0.25, 0.3) is 10.1 Å². The Labute approximate surface area is 58.7 Å². The van der Waals surface area contributed by atoms with E-state index in [0.717, 1.165) is 13.8 Å². The van der Waals surface area contributed by atoms with Gasteiger partial charge < -0.3 is 4.74 Å². The Morgan fingerprint density at radius 1 is 1.50 bits per heavy atom. The summed E-state index contributed by atoms with van der Waals surface area (Å²) < 4.78 is 44.5. The van der Waals surface area contributed by atoms with E-state index in [1.165, 1.54) is 0 Å². The minimum atomic E-state index is -4.26. The number of halogens is 1. The summed E-state index contributed by atoms with van der Waals surface area (Å²) in [5.74, 6) is 0. The molecule has 6 heteroatoms. The minimum Gasteiger partial charge on any atom is -0.327 e. The molecule has 0 saturated heterocycles. The van der Waals surface area contributed by atoms with Crippen molar-refractivity contribution < 1.29 is 22.1 Å². The van der Waals surface area contributed by atoms with Crippen LogP contribution >= 0.6 is 0 Å². The van der Waals surface area contributed by atoms with Crippen molar-refractivity contribution in [1.29, 1.82) is 0 Å². The molecule has 0 aromatic heterocycles. The molecule has 0 saturated carbocycles. The number of rotatable bonds is 3. The third kappa shape index (κ3) is 3.76. The van der Waals surface area contributed by atoms with E-state index in [2.05, 4.69) is 4.74 Å². The van der Waals surface area contributed by atoms with Gasteiger partial charge >= 0.3 is 0 Å². The largest absolute Gasteiger partial charge is 0.327 e. The lowest BCUT2D eigenvalue weighted by Crippen LogP contribution is -2.22. The summed E-state index contributed by atoms with van der Waals surface area (Å²) in [6.45, 7) is 2.08. The zero-order valence-electron chi connectivity index (χ0n) is 5.61. The van der Waals surface area contributed by atoms with Gasteiger partial charge in [0.05, 0.1) is 0 Å². The summed E-state index contributed by atoms with van der Waals surface area (Å²) in [4.78, 5) is 0. The van der Waals surface area contributed by atoms with Crippen molar-refractivity contribution in [3.05, 3.63) is 0 Å². The number of hydrogen-bond acceptors (Lipinski definition) is 3. The highest BCUT2D eigenvalue weighted by atomic mass is 32.2. The average molecular weight is 172 g/mol. The Balaban J connectivity index is 3.99. The van der Waals surface area contributed by atoms with Crippen molar-refractivity contribution in [2.45, 2.75) is 25.6 Å². The van der Waals surface area contributed by atoms with Crippen LogP contribution in [-0.2, 0) is 14.9 Å². The summed E-state index contributed by atoms with van der Waals surface area (Å²) in [5.41, 5.74) is -1.51. The molecule has 2 unspecified atom stereocenters. The van der Waals surface area contributed by atoms with Crippen LogP contribution in [0.4, 0.5) is 4.39 Å². The zero-order chi connectivity index (χ0) is 8.36. The molecule has 0 aromatic carbocycles. The van der Waals surface area contributed by atoms with Gasteiger partial charge in [0.15, 0.2) is 11.8 Å². The molecule has 0 aliphatic heterocycles. The molecule has 10 heavy (non-hydrogen) atoms. The standard InChI is InChI=1S/C4H9FO4S/c1-3(5)9-4(2)10(6,7)8/h3-4H,1-2H3,(H,6,7,8). The van der Waals surface area contributed by atoms with Crippen LogP contribution in [0, 0.1) is 0 Å². The molecular weight excluding hydrogens is 163 g/mol. The van der Waals surface area contributed by atoms with Gasteiger partial charge in [-0.25, -0.2) is 4.39 Å². The lowest BCUT2D eigenvalue weighted by molar-refractivity contribution is -0.0379. The summed E-state index contributed by atoms with van der Waals surface area (Å²) in [7, 11) is -4.26. The van der Waals surface area contributed by atoms with Crippen LogP contribution < -0.4 is 0 Å². The van der Waals surface area contributed by atoms with Gasteiger partial charge in [-0.3, -0.25) is 4.55 Å². The topological polar surface area (TPSA) is 63.6 Å². The van der Waals surface area contributed by atoms with E-state index < -0.39 is 21.9 Å². The predicted molar refractivity (Wildman–Crippen MR) is 32.7 cm³/mol. The summed E-state index contributed by atoms with van der Waals surface area (Å²) in [6, 6.07) is 0. The van der Waals surface area contributed by atoms with Crippen molar-refractivity contribution >= 4 is 10.1 Å². The van der Waals surface area contributed by atoms with Gasteiger partial charge in [0.2, 0.25) is 0 Å². The highest BCUT2D eigenvalue weighted by Crippen LogP contribution is 2.03. The summed E-state index contributed by atoms with van der Waals surface area (Å²) in [5, 5.41) is 0. The van der Waals surface area contributed by atoms with Crippen LogP contribution in [0.1, 0.15) is 13.8 Å². The highest BCUT2D eigenvalue weighted by molar-refractivity contribution is 7.86. The fourth-order valence-electron chi connectivity index (χ4n) is 0.334. The van der Waals surface area contributed by atoms with Crippen LogP contribution in [0.3, 0.4) is 0 Å². The molecule has 0 aliphatic carbocycles. The van der Waals surface area contributed by atoms with Gasteiger partial charge in [-0.05, 0) is 13.8 Å². The van der Waals surface area contributed by atoms with Crippen molar-refractivity contribution in [2.24, 2.45) is 0 Å². The summed E-state index contributed by atoms with van der Waals surface area (Å²) >= 11 is 0. The van der Waals surface area contributed by atoms with Crippen LogP contribution in [0.2, 0.25) is 0 Å². The Kier molecular flexibility index (Phi) is 3.20. The maximum absolute atomic E-state index is 11.9. The highest BCUT2D eigenvalue weighted by Gasteiger charge is 2.19. The monoisotopic (exact) mass is 172 g/mol. The molecule has 0 aromatic rings. The quantitative estimate of drug-likeness (QED) is 0.631. The molecule has 0 rings (SSSR count). The second-order valence-corrected chi connectivity index (χ2v) is 3.46. The Morgan fingerprint density at radius 3 is 2.00 bits per heavy atom. The average Bonchev–Trinajstić information content (AvgIpc) is 1.60. The molecule has 0 amide bonds. The first kappa shape index (κ1) is 9.80. The molecule has 2 atom stereocenters. The van der Waals surface area contributed by atoms with E-state index in [-0.39, 0.29) is 0 Å². The lowest BCUT2D eigenvalue weighted by atomic mass is 10.7. The Morgan fingerprint density at radius 2 is 1.90 bits per heavy atom. The van der Waals surface area contributed by atoms with Gasteiger partial charge in [0.1, 0.15) is 0 Å². The first-order valence-corrected chi connectivity index (χ1v) is 4.10.